The van der Waals surface area contributed by atoms with Gasteiger partial charge in [0.05, 0.1) is 22.9 Å². The minimum atomic E-state index is -1.82. The predicted octanol–water partition coefficient (Wildman–Crippen LogP) is 4.31. The first-order valence-corrected chi connectivity index (χ1v) is 11.0. The number of halogens is 2. The van der Waals surface area contributed by atoms with E-state index < -0.39 is 23.3 Å². The van der Waals surface area contributed by atoms with Gasteiger partial charge in [-0.1, -0.05) is 18.6 Å². The maximum absolute atomic E-state index is 14.6. The van der Waals surface area contributed by atoms with E-state index in [1.807, 2.05) is 0 Å². The van der Waals surface area contributed by atoms with Gasteiger partial charge >= 0.3 is 0 Å². The molecule has 3 unspecified atom stereocenters. The normalized spacial score (nSPS) is 24.5. The standard InChI is InChI=1S/C25H23F2N3O3/c26-17-6-2-7-18(27)21(17)19-12-16(15-5-3-11-29-13-15)22(23(30-19)24(28)31)25(32)10-9-14-4-1-8-20(14)33-25/h2-3,5-7,11-14,20,32H,1,4,8-10H2,(H2,28,31). The summed E-state index contributed by atoms with van der Waals surface area (Å²) < 4.78 is 35.4. The third kappa shape index (κ3) is 3.79. The van der Waals surface area contributed by atoms with Crippen molar-refractivity contribution in [2.24, 2.45) is 11.7 Å². The number of nitrogens with two attached hydrogens (primary N) is 1. The van der Waals surface area contributed by atoms with Crippen LogP contribution < -0.4 is 5.73 Å². The van der Waals surface area contributed by atoms with Crippen LogP contribution in [0.5, 0.6) is 0 Å². The predicted molar refractivity (Wildman–Crippen MR) is 117 cm³/mol. The second kappa shape index (κ2) is 8.28. The molecule has 1 saturated heterocycles. The zero-order valence-electron chi connectivity index (χ0n) is 17.8. The van der Waals surface area contributed by atoms with Crippen LogP contribution in [0.25, 0.3) is 22.4 Å². The minimum absolute atomic E-state index is 0.105. The Morgan fingerprint density at radius 3 is 2.64 bits per heavy atom. The molecule has 5 rings (SSSR count). The molecule has 8 heteroatoms. The minimum Gasteiger partial charge on any atom is -0.364 e. The van der Waals surface area contributed by atoms with E-state index in [1.54, 1.807) is 18.3 Å². The van der Waals surface area contributed by atoms with Crippen molar-refractivity contribution in [1.82, 2.24) is 9.97 Å². The van der Waals surface area contributed by atoms with Crippen LogP contribution in [-0.2, 0) is 10.5 Å². The van der Waals surface area contributed by atoms with Gasteiger partial charge in [0.1, 0.15) is 17.3 Å². The summed E-state index contributed by atoms with van der Waals surface area (Å²) in [6, 6.07) is 8.33. The second-order valence-electron chi connectivity index (χ2n) is 8.65. The van der Waals surface area contributed by atoms with Crippen molar-refractivity contribution in [3.63, 3.8) is 0 Å². The first-order chi connectivity index (χ1) is 15.9. The van der Waals surface area contributed by atoms with Crippen molar-refractivity contribution in [2.45, 2.75) is 44.0 Å². The maximum atomic E-state index is 14.6. The van der Waals surface area contributed by atoms with Gasteiger partial charge in [0, 0.05) is 24.4 Å². The van der Waals surface area contributed by atoms with Crippen LogP contribution >= 0.6 is 0 Å². The number of rotatable bonds is 4. The average Bonchev–Trinajstić information content (AvgIpc) is 3.26. The van der Waals surface area contributed by atoms with Crippen LogP contribution in [0.1, 0.15) is 48.2 Å². The first kappa shape index (κ1) is 21.6. The number of fused-ring (bicyclic) bond motifs is 1. The molecule has 3 heterocycles. The molecule has 3 N–H and O–H groups in total. The van der Waals surface area contributed by atoms with Crippen LogP contribution in [0.15, 0.2) is 48.8 Å². The molecule has 1 saturated carbocycles. The highest BCUT2D eigenvalue weighted by Crippen LogP contribution is 2.48. The lowest BCUT2D eigenvalue weighted by Crippen LogP contribution is -2.43. The second-order valence-corrected chi connectivity index (χ2v) is 8.65. The molecule has 170 valence electrons. The van der Waals surface area contributed by atoms with Gasteiger partial charge in [-0.3, -0.25) is 9.78 Å². The highest BCUT2D eigenvalue weighted by atomic mass is 19.1. The van der Waals surface area contributed by atoms with Gasteiger partial charge in [-0.25, -0.2) is 13.8 Å². The van der Waals surface area contributed by atoms with Crippen molar-refractivity contribution in [3.8, 4) is 22.4 Å². The Morgan fingerprint density at radius 1 is 1.15 bits per heavy atom. The van der Waals surface area contributed by atoms with Gasteiger partial charge < -0.3 is 15.6 Å². The van der Waals surface area contributed by atoms with E-state index in [-0.39, 0.29) is 35.0 Å². The van der Waals surface area contributed by atoms with E-state index in [0.29, 0.717) is 17.0 Å². The molecule has 0 bridgehead atoms. The van der Waals surface area contributed by atoms with Crippen molar-refractivity contribution in [3.05, 3.63) is 71.7 Å². The molecule has 3 aromatic rings. The van der Waals surface area contributed by atoms with E-state index in [2.05, 4.69) is 9.97 Å². The molecule has 1 aliphatic carbocycles. The van der Waals surface area contributed by atoms with Crippen LogP contribution in [0, 0.1) is 17.6 Å². The Morgan fingerprint density at radius 2 is 1.94 bits per heavy atom. The van der Waals surface area contributed by atoms with Crippen molar-refractivity contribution < 1.29 is 23.4 Å². The number of benzene rings is 1. The Hall–Kier alpha value is -3.23. The lowest BCUT2D eigenvalue weighted by molar-refractivity contribution is -0.271. The number of nitrogens with zero attached hydrogens (tertiary/aromatic N) is 2. The number of primary amides is 1. The number of ether oxygens (including phenoxy) is 1. The van der Waals surface area contributed by atoms with E-state index in [1.165, 1.54) is 18.3 Å². The van der Waals surface area contributed by atoms with Crippen LogP contribution in [-0.4, -0.2) is 27.1 Å². The van der Waals surface area contributed by atoms with Gasteiger partial charge in [-0.05, 0) is 55.0 Å². The molecule has 33 heavy (non-hydrogen) atoms. The van der Waals surface area contributed by atoms with E-state index >= 15 is 0 Å². The largest absolute Gasteiger partial charge is 0.364 e. The number of hydrogen-bond acceptors (Lipinski definition) is 5. The third-order valence-corrected chi connectivity index (χ3v) is 6.62. The molecule has 1 amide bonds. The SMILES string of the molecule is NC(=O)c1nc(-c2c(F)cccc2F)cc(-c2cccnc2)c1C1(O)CCC2CCCC2O1. The summed E-state index contributed by atoms with van der Waals surface area (Å²) in [6.07, 6.45) is 6.78. The number of aromatic nitrogens is 2. The van der Waals surface area contributed by atoms with E-state index in [0.717, 1.165) is 37.8 Å². The smallest absolute Gasteiger partial charge is 0.267 e. The average molecular weight is 451 g/mol. The zero-order chi connectivity index (χ0) is 23.2. The molecule has 6 nitrogen and oxygen atoms in total. The zero-order valence-corrected chi connectivity index (χ0v) is 17.8. The number of carbonyl (C=O) groups is 1. The summed E-state index contributed by atoms with van der Waals surface area (Å²) in [5.41, 5.74) is 5.88. The third-order valence-electron chi connectivity index (χ3n) is 6.62. The number of pyridine rings is 2. The van der Waals surface area contributed by atoms with Crippen LogP contribution in [0.2, 0.25) is 0 Å². The molecule has 2 fully saturated rings. The Bertz CT molecular complexity index is 1200. The summed E-state index contributed by atoms with van der Waals surface area (Å²) in [5.74, 6) is -4.06. The molecule has 3 atom stereocenters. The number of hydrogen-bond donors (Lipinski definition) is 2. The fourth-order valence-electron chi connectivity index (χ4n) is 5.10. The number of amides is 1. The molecule has 2 aromatic heterocycles. The lowest BCUT2D eigenvalue weighted by Gasteiger charge is -2.40. The van der Waals surface area contributed by atoms with Crippen LogP contribution in [0.3, 0.4) is 0 Å². The molecular formula is C25H23F2N3O3. The Balaban J connectivity index is 1.77. The Kier molecular flexibility index (Phi) is 5.42. The first-order valence-electron chi connectivity index (χ1n) is 11.0. The van der Waals surface area contributed by atoms with E-state index in [4.69, 9.17) is 10.5 Å². The van der Waals surface area contributed by atoms with Gasteiger partial charge in [-0.15, -0.1) is 0 Å². The lowest BCUT2D eigenvalue weighted by atomic mass is 9.84. The monoisotopic (exact) mass is 451 g/mol. The molecule has 1 aromatic carbocycles. The number of aliphatic hydroxyl groups is 1. The summed E-state index contributed by atoms with van der Waals surface area (Å²) in [5, 5.41) is 11.7. The fraction of sp³-hybridized carbons (Fsp3) is 0.320. The summed E-state index contributed by atoms with van der Waals surface area (Å²) >= 11 is 0. The molecule has 1 aliphatic heterocycles. The quantitative estimate of drug-likeness (QED) is 0.616. The van der Waals surface area contributed by atoms with Gasteiger partial charge in [0.15, 0.2) is 5.79 Å². The van der Waals surface area contributed by atoms with E-state index in [9.17, 15) is 18.7 Å². The summed E-state index contributed by atoms with van der Waals surface area (Å²) in [6.45, 7) is 0. The van der Waals surface area contributed by atoms with Crippen molar-refractivity contribution in [1.29, 1.82) is 0 Å². The fourth-order valence-corrected chi connectivity index (χ4v) is 5.10. The van der Waals surface area contributed by atoms with Crippen LogP contribution in [0.4, 0.5) is 8.78 Å². The molecule has 0 spiro atoms. The molecule has 2 aliphatic rings. The summed E-state index contributed by atoms with van der Waals surface area (Å²) in [4.78, 5) is 20.9. The highest BCUT2D eigenvalue weighted by molar-refractivity contribution is 5.96. The van der Waals surface area contributed by atoms with Crippen molar-refractivity contribution in [2.75, 3.05) is 0 Å². The molecular weight excluding hydrogens is 428 g/mol. The topological polar surface area (TPSA) is 98.3 Å². The highest BCUT2D eigenvalue weighted by Gasteiger charge is 2.47. The van der Waals surface area contributed by atoms with Crippen molar-refractivity contribution >= 4 is 5.91 Å². The maximum Gasteiger partial charge on any atom is 0.267 e. The van der Waals surface area contributed by atoms with Gasteiger partial charge in [0.25, 0.3) is 5.91 Å². The number of carbonyl (C=O) groups excluding carboxylic acids is 1. The summed E-state index contributed by atoms with van der Waals surface area (Å²) in [7, 11) is 0. The molecule has 0 radical (unpaired) electrons. The van der Waals surface area contributed by atoms with Gasteiger partial charge in [0.2, 0.25) is 0 Å². The Labute approximate surface area is 189 Å². The van der Waals surface area contributed by atoms with Gasteiger partial charge in [-0.2, -0.15) is 0 Å².